The first-order valence-corrected chi connectivity index (χ1v) is 9.26. The van der Waals surface area contributed by atoms with Gasteiger partial charge in [0.2, 0.25) is 5.91 Å². The second-order valence-corrected chi connectivity index (χ2v) is 7.28. The number of hydrogen-bond donors (Lipinski definition) is 1. The first-order valence-electron chi connectivity index (χ1n) is 8.38. The van der Waals surface area contributed by atoms with E-state index in [1.165, 1.54) is 16.9 Å². The Hall–Kier alpha value is -0.870. The van der Waals surface area contributed by atoms with E-state index >= 15 is 0 Å². The molecule has 1 amide bonds. The summed E-state index contributed by atoms with van der Waals surface area (Å²) in [5.41, 5.74) is 1.32. The van der Waals surface area contributed by atoms with Gasteiger partial charge in [0.25, 0.3) is 0 Å². The second kappa shape index (κ2) is 6.93. The van der Waals surface area contributed by atoms with Crippen LogP contribution >= 0.6 is 11.3 Å². The van der Waals surface area contributed by atoms with E-state index in [1.54, 1.807) is 0 Å². The number of aryl methyl sites for hydroxylation is 1. The van der Waals surface area contributed by atoms with Crippen LogP contribution < -0.4 is 5.32 Å². The van der Waals surface area contributed by atoms with Crippen molar-refractivity contribution in [2.75, 3.05) is 19.6 Å². The number of thiophene rings is 1. The van der Waals surface area contributed by atoms with Gasteiger partial charge in [-0.3, -0.25) is 4.79 Å². The monoisotopic (exact) mass is 306 g/mol. The van der Waals surface area contributed by atoms with Crippen molar-refractivity contribution in [2.45, 2.75) is 57.4 Å². The summed E-state index contributed by atoms with van der Waals surface area (Å²) < 4.78 is 0. The number of amides is 1. The highest BCUT2D eigenvalue weighted by atomic mass is 32.1. The van der Waals surface area contributed by atoms with Crippen molar-refractivity contribution in [2.24, 2.45) is 0 Å². The molecular weight excluding hydrogens is 280 g/mol. The third kappa shape index (κ3) is 3.16. The highest BCUT2D eigenvalue weighted by Gasteiger charge is 2.33. The molecule has 2 unspecified atom stereocenters. The number of hydrogen-bond acceptors (Lipinski definition) is 3. The van der Waals surface area contributed by atoms with Crippen LogP contribution in [-0.2, 0) is 11.2 Å². The molecule has 0 radical (unpaired) electrons. The Bertz CT molecular complexity index is 479. The third-order valence-corrected chi connectivity index (χ3v) is 5.81. The summed E-state index contributed by atoms with van der Waals surface area (Å²) in [6, 6.07) is 2.58. The van der Waals surface area contributed by atoms with E-state index in [0.717, 1.165) is 51.7 Å². The number of fused-ring (bicyclic) bond motifs is 1. The predicted octanol–water partition coefficient (Wildman–Crippen LogP) is 3.16. The topological polar surface area (TPSA) is 32.3 Å². The summed E-state index contributed by atoms with van der Waals surface area (Å²) >= 11 is 1.82. The van der Waals surface area contributed by atoms with Gasteiger partial charge in [0.1, 0.15) is 0 Å². The van der Waals surface area contributed by atoms with Gasteiger partial charge in [-0.05, 0) is 62.1 Å². The molecule has 0 spiro atoms. The lowest BCUT2D eigenvalue weighted by Crippen LogP contribution is -2.50. The van der Waals surface area contributed by atoms with Gasteiger partial charge in [0, 0.05) is 24.0 Å². The van der Waals surface area contributed by atoms with Crippen LogP contribution in [0.5, 0.6) is 0 Å². The number of piperidine rings is 1. The van der Waals surface area contributed by atoms with Crippen LogP contribution in [-0.4, -0.2) is 36.5 Å². The first kappa shape index (κ1) is 15.0. The second-order valence-electron chi connectivity index (χ2n) is 6.28. The zero-order valence-electron chi connectivity index (χ0n) is 12.9. The van der Waals surface area contributed by atoms with Gasteiger partial charge in [-0.25, -0.2) is 0 Å². The van der Waals surface area contributed by atoms with Gasteiger partial charge in [-0.1, -0.05) is 6.92 Å². The Labute approximate surface area is 131 Å². The molecule has 0 saturated carbocycles. The minimum absolute atomic E-state index is 0.119. The molecule has 1 aliphatic heterocycles. The fourth-order valence-electron chi connectivity index (χ4n) is 3.76. The number of nitrogens with zero attached hydrogens (tertiary/aromatic N) is 1. The van der Waals surface area contributed by atoms with Crippen LogP contribution in [0.15, 0.2) is 11.4 Å². The number of nitrogens with one attached hydrogen (secondary N) is 1. The maximum Gasteiger partial charge on any atom is 0.230 e. The Balaban J connectivity index is 1.78. The molecule has 0 aromatic carbocycles. The summed E-state index contributed by atoms with van der Waals surface area (Å²) in [7, 11) is 0. The Kier molecular flexibility index (Phi) is 4.96. The lowest BCUT2D eigenvalue weighted by molar-refractivity contribution is -0.136. The van der Waals surface area contributed by atoms with Crippen LogP contribution in [0, 0.1) is 0 Å². The number of carbonyl (C=O) groups excluding carboxylic acids is 1. The SMILES string of the molecule is CCCN(C(=O)C1CCCc2sccc21)C1CCCNC1. The Morgan fingerprint density at radius 1 is 1.43 bits per heavy atom. The minimum Gasteiger partial charge on any atom is -0.338 e. The summed E-state index contributed by atoms with van der Waals surface area (Å²) in [6.45, 7) is 5.15. The van der Waals surface area contributed by atoms with Crippen molar-refractivity contribution >= 4 is 17.2 Å². The molecule has 3 nitrogen and oxygen atoms in total. The predicted molar refractivity (Wildman–Crippen MR) is 87.9 cm³/mol. The molecule has 1 N–H and O–H groups in total. The van der Waals surface area contributed by atoms with Gasteiger partial charge < -0.3 is 10.2 Å². The number of carbonyl (C=O) groups is 1. The van der Waals surface area contributed by atoms with Crippen molar-refractivity contribution in [3.05, 3.63) is 21.9 Å². The van der Waals surface area contributed by atoms with E-state index in [9.17, 15) is 4.79 Å². The maximum atomic E-state index is 13.2. The molecular formula is C17H26N2OS. The molecule has 2 aliphatic rings. The molecule has 1 aliphatic carbocycles. The summed E-state index contributed by atoms with van der Waals surface area (Å²) in [5, 5.41) is 5.61. The lowest BCUT2D eigenvalue weighted by atomic mass is 9.86. The highest BCUT2D eigenvalue weighted by Crippen LogP contribution is 2.36. The zero-order chi connectivity index (χ0) is 14.7. The molecule has 1 saturated heterocycles. The normalized spacial score (nSPS) is 25.4. The maximum absolute atomic E-state index is 13.2. The Morgan fingerprint density at radius 2 is 2.33 bits per heavy atom. The van der Waals surface area contributed by atoms with Gasteiger partial charge in [0.05, 0.1) is 5.92 Å². The summed E-state index contributed by atoms with van der Waals surface area (Å²) in [4.78, 5) is 16.8. The van der Waals surface area contributed by atoms with E-state index in [1.807, 2.05) is 11.3 Å². The Morgan fingerprint density at radius 3 is 3.10 bits per heavy atom. The molecule has 0 bridgehead atoms. The molecule has 116 valence electrons. The summed E-state index contributed by atoms with van der Waals surface area (Å²) in [5.74, 6) is 0.498. The summed E-state index contributed by atoms with van der Waals surface area (Å²) in [6.07, 6.45) is 6.74. The molecule has 21 heavy (non-hydrogen) atoms. The zero-order valence-corrected chi connectivity index (χ0v) is 13.8. The number of rotatable bonds is 4. The quantitative estimate of drug-likeness (QED) is 0.927. The largest absolute Gasteiger partial charge is 0.338 e. The molecule has 1 aromatic heterocycles. The van der Waals surface area contributed by atoms with E-state index < -0.39 is 0 Å². The molecule has 2 atom stereocenters. The van der Waals surface area contributed by atoms with E-state index in [2.05, 4.69) is 28.6 Å². The van der Waals surface area contributed by atoms with E-state index in [-0.39, 0.29) is 5.92 Å². The van der Waals surface area contributed by atoms with Gasteiger partial charge >= 0.3 is 0 Å². The fourth-order valence-corrected chi connectivity index (χ4v) is 4.74. The van der Waals surface area contributed by atoms with Crippen LogP contribution in [0.1, 0.15) is 55.4 Å². The van der Waals surface area contributed by atoms with Crippen molar-refractivity contribution in [1.82, 2.24) is 10.2 Å². The van der Waals surface area contributed by atoms with E-state index in [0.29, 0.717) is 11.9 Å². The highest BCUT2D eigenvalue weighted by molar-refractivity contribution is 7.10. The fraction of sp³-hybridized carbons (Fsp3) is 0.706. The van der Waals surface area contributed by atoms with Crippen LogP contribution in [0.4, 0.5) is 0 Å². The van der Waals surface area contributed by atoms with Crippen LogP contribution in [0.25, 0.3) is 0 Å². The van der Waals surface area contributed by atoms with Gasteiger partial charge in [-0.2, -0.15) is 0 Å². The smallest absolute Gasteiger partial charge is 0.230 e. The van der Waals surface area contributed by atoms with Crippen molar-refractivity contribution < 1.29 is 4.79 Å². The van der Waals surface area contributed by atoms with E-state index in [4.69, 9.17) is 0 Å². The van der Waals surface area contributed by atoms with Gasteiger partial charge in [0.15, 0.2) is 0 Å². The lowest BCUT2D eigenvalue weighted by Gasteiger charge is -2.37. The molecule has 1 aromatic rings. The molecule has 1 fully saturated rings. The molecule has 4 heteroatoms. The third-order valence-electron chi connectivity index (χ3n) is 4.81. The van der Waals surface area contributed by atoms with Crippen LogP contribution in [0.3, 0.4) is 0 Å². The average Bonchev–Trinajstić information content (AvgIpc) is 3.01. The van der Waals surface area contributed by atoms with Crippen molar-refractivity contribution in [3.63, 3.8) is 0 Å². The molecule has 2 heterocycles. The van der Waals surface area contributed by atoms with Crippen molar-refractivity contribution in [3.8, 4) is 0 Å². The first-order chi connectivity index (χ1) is 10.3. The van der Waals surface area contributed by atoms with Crippen LogP contribution in [0.2, 0.25) is 0 Å². The minimum atomic E-state index is 0.119. The van der Waals surface area contributed by atoms with Crippen molar-refractivity contribution in [1.29, 1.82) is 0 Å². The standard InChI is InChI=1S/C17H26N2OS/c1-2-10-19(13-5-4-9-18-12-13)17(20)15-6-3-7-16-14(15)8-11-21-16/h8,11,13,15,18H,2-7,9-10,12H2,1H3. The van der Waals surface area contributed by atoms with Gasteiger partial charge in [-0.15, -0.1) is 11.3 Å². The molecule has 3 rings (SSSR count). The average molecular weight is 306 g/mol.